The number of thioether (sulfide) groups is 1. The van der Waals surface area contributed by atoms with Crippen LogP contribution in [0.15, 0.2) is 5.10 Å². The summed E-state index contributed by atoms with van der Waals surface area (Å²) in [6, 6.07) is 0. The van der Waals surface area contributed by atoms with Gasteiger partial charge in [-0.15, -0.1) is 11.8 Å². The van der Waals surface area contributed by atoms with Crippen molar-refractivity contribution in [2.45, 2.75) is 50.0 Å². The number of hydrazone groups is 1. The number of rotatable bonds is 0. The van der Waals surface area contributed by atoms with E-state index in [9.17, 15) is 0 Å². The van der Waals surface area contributed by atoms with Crippen molar-refractivity contribution in [1.82, 2.24) is 0 Å². The maximum absolute atomic E-state index is 5.32. The second-order valence-corrected chi connectivity index (χ2v) is 7.08. The lowest BCUT2D eigenvalue weighted by Crippen LogP contribution is -2.37. The molecule has 2 nitrogen and oxygen atoms in total. The van der Waals surface area contributed by atoms with Crippen molar-refractivity contribution in [1.29, 1.82) is 0 Å². The SMILES string of the molecule is CC1(C)CC(=NN)CC(C)(C)S1. The third-order valence-electron chi connectivity index (χ3n) is 1.99. The second kappa shape index (κ2) is 2.95. The zero-order valence-electron chi connectivity index (χ0n) is 8.35. The highest BCUT2D eigenvalue weighted by atomic mass is 32.2. The molecule has 0 amide bonds. The molecule has 0 unspecified atom stereocenters. The fourth-order valence-corrected chi connectivity index (χ4v) is 3.93. The Morgan fingerprint density at radius 2 is 1.58 bits per heavy atom. The van der Waals surface area contributed by atoms with Gasteiger partial charge in [-0.05, 0) is 0 Å². The summed E-state index contributed by atoms with van der Waals surface area (Å²) in [7, 11) is 0. The van der Waals surface area contributed by atoms with Crippen molar-refractivity contribution in [3.8, 4) is 0 Å². The molecule has 0 radical (unpaired) electrons. The van der Waals surface area contributed by atoms with Gasteiger partial charge in [0.05, 0.1) is 0 Å². The van der Waals surface area contributed by atoms with Gasteiger partial charge in [-0.2, -0.15) is 5.10 Å². The zero-order valence-corrected chi connectivity index (χ0v) is 9.16. The molecular formula is C9H18N2S. The second-order valence-electron chi connectivity index (χ2n) is 4.67. The van der Waals surface area contributed by atoms with Crippen LogP contribution in [0.3, 0.4) is 0 Å². The predicted molar refractivity (Wildman–Crippen MR) is 56.6 cm³/mol. The van der Waals surface area contributed by atoms with Crippen LogP contribution < -0.4 is 5.84 Å². The van der Waals surface area contributed by atoms with E-state index in [2.05, 4.69) is 32.8 Å². The average molecular weight is 186 g/mol. The maximum Gasteiger partial charge on any atom is 0.0403 e. The van der Waals surface area contributed by atoms with E-state index in [4.69, 9.17) is 5.84 Å². The Bertz CT molecular complexity index is 189. The molecule has 0 aliphatic carbocycles. The van der Waals surface area contributed by atoms with Crippen LogP contribution in [0, 0.1) is 0 Å². The quantitative estimate of drug-likeness (QED) is 0.466. The fraction of sp³-hybridized carbons (Fsp3) is 0.889. The molecule has 0 saturated carbocycles. The Morgan fingerprint density at radius 1 is 1.17 bits per heavy atom. The molecule has 1 rings (SSSR count). The summed E-state index contributed by atoms with van der Waals surface area (Å²) in [5, 5.41) is 3.84. The lowest BCUT2D eigenvalue weighted by Gasteiger charge is -2.40. The van der Waals surface area contributed by atoms with Crippen molar-refractivity contribution in [2.24, 2.45) is 10.9 Å². The average Bonchev–Trinajstić information content (AvgIpc) is 1.80. The molecule has 0 aromatic carbocycles. The number of hydrogen-bond acceptors (Lipinski definition) is 3. The summed E-state index contributed by atoms with van der Waals surface area (Å²) in [6.45, 7) is 9.01. The molecule has 1 aliphatic heterocycles. The largest absolute Gasteiger partial charge is 0.323 e. The van der Waals surface area contributed by atoms with E-state index in [1.807, 2.05) is 11.8 Å². The van der Waals surface area contributed by atoms with Gasteiger partial charge in [0, 0.05) is 28.0 Å². The van der Waals surface area contributed by atoms with Crippen LogP contribution in [-0.4, -0.2) is 15.2 Å². The Labute approximate surface area is 79.0 Å². The van der Waals surface area contributed by atoms with Gasteiger partial charge in [-0.25, -0.2) is 0 Å². The first-order valence-corrected chi connectivity index (χ1v) is 5.12. The summed E-state index contributed by atoms with van der Waals surface area (Å²) in [6.07, 6.45) is 2.05. The molecular weight excluding hydrogens is 168 g/mol. The van der Waals surface area contributed by atoms with E-state index in [-0.39, 0.29) is 0 Å². The van der Waals surface area contributed by atoms with Crippen molar-refractivity contribution in [3.05, 3.63) is 0 Å². The zero-order chi connectivity index (χ0) is 9.41. The Hall–Kier alpha value is -0.180. The van der Waals surface area contributed by atoms with Gasteiger partial charge in [0.2, 0.25) is 0 Å². The number of nitrogens with two attached hydrogens (primary N) is 1. The lowest BCUT2D eigenvalue weighted by atomic mass is 9.96. The van der Waals surface area contributed by atoms with E-state index in [0.717, 1.165) is 18.6 Å². The van der Waals surface area contributed by atoms with E-state index in [1.54, 1.807) is 0 Å². The van der Waals surface area contributed by atoms with Crippen LogP contribution >= 0.6 is 11.8 Å². The number of hydrogen-bond donors (Lipinski definition) is 1. The minimum absolute atomic E-state index is 0.292. The third-order valence-corrected chi connectivity index (χ3v) is 3.39. The Morgan fingerprint density at radius 3 is 1.92 bits per heavy atom. The molecule has 1 fully saturated rings. The van der Waals surface area contributed by atoms with Gasteiger partial charge in [-0.3, -0.25) is 0 Å². The fourth-order valence-electron chi connectivity index (χ4n) is 1.96. The summed E-state index contributed by atoms with van der Waals surface area (Å²) < 4.78 is 0.583. The first-order valence-electron chi connectivity index (χ1n) is 4.30. The molecule has 70 valence electrons. The summed E-state index contributed by atoms with van der Waals surface area (Å²) in [5.74, 6) is 5.32. The minimum atomic E-state index is 0.292. The van der Waals surface area contributed by atoms with Crippen LogP contribution in [-0.2, 0) is 0 Å². The smallest absolute Gasteiger partial charge is 0.0403 e. The summed E-state index contributed by atoms with van der Waals surface area (Å²) in [5.41, 5.74) is 1.16. The highest BCUT2D eigenvalue weighted by molar-refractivity contribution is 8.02. The van der Waals surface area contributed by atoms with E-state index in [0.29, 0.717) is 9.49 Å². The first-order chi connectivity index (χ1) is 5.35. The number of nitrogens with zero attached hydrogens (tertiary/aromatic N) is 1. The standard InChI is InChI=1S/C9H18N2S/c1-8(2)5-7(11-10)6-9(3,4)12-8/h5-6,10H2,1-4H3. The van der Waals surface area contributed by atoms with Crippen molar-refractivity contribution in [2.75, 3.05) is 0 Å². The predicted octanol–water partition coefficient (Wildman–Crippen LogP) is 2.39. The highest BCUT2D eigenvalue weighted by Crippen LogP contribution is 2.45. The summed E-state index contributed by atoms with van der Waals surface area (Å²) >= 11 is 2.03. The van der Waals surface area contributed by atoms with Crippen LogP contribution in [0.5, 0.6) is 0 Å². The Kier molecular flexibility index (Phi) is 2.43. The molecule has 0 spiro atoms. The monoisotopic (exact) mass is 186 g/mol. The van der Waals surface area contributed by atoms with Crippen LogP contribution in [0.25, 0.3) is 0 Å². The third kappa shape index (κ3) is 2.41. The maximum atomic E-state index is 5.32. The van der Waals surface area contributed by atoms with E-state index >= 15 is 0 Å². The molecule has 0 aromatic heterocycles. The van der Waals surface area contributed by atoms with Gasteiger partial charge in [0.1, 0.15) is 0 Å². The Balaban J connectivity index is 2.80. The molecule has 0 atom stereocenters. The highest BCUT2D eigenvalue weighted by Gasteiger charge is 2.36. The minimum Gasteiger partial charge on any atom is -0.323 e. The van der Waals surface area contributed by atoms with Gasteiger partial charge >= 0.3 is 0 Å². The van der Waals surface area contributed by atoms with Crippen molar-refractivity contribution >= 4 is 17.5 Å². The van der Waals surface area contributed by atoms with E-state index in [1.165, 1.54) is 0 Å². The van der Waals surface area contributed by atoms with Crippen molar-refractivity contribution < 1.29 is 0 Å². The van der Waals surface area contributed by atoms with Crippen LogP contribution in [0.2, 0.25) is 0 Å². The topological polar surface area (TPSA) is 38.4 Å². The van der Waals surface area contributed by atoms with E-state index < -0.39 is 0 Å². The normalized spacial score (nSPS) is 26.8. The molecule has 3 heteroatoms. The van der Waals surface area contributed by atoms with Crippen LogP contribution in [0.1, 0.15) is 40.5 Å². The lowest BCUT2D eigenvalue weighted by molar-refractivity contribution is 0.638. The molecule has 0 aromatic rings. The van der Waals surface area contributed by atoms with Gasteiger partial charge < -0.3 is 5.84 Å². The molecule has 0 bridgehead atoms. The van der Waals surface area contributed by atoms with Gasteiger partial charge in [0.25, 0.3) is 0 Å². The molecule has 1 heterocycles. The van der Waals surface area contributed by atoms with Crippen molar-refractivity contribution in [3.63, 3.8) is 0 Å². The molecule has 2 N–H and O–H groups in total. The van der Waals surface area contributed by atoms with Gasteiger partial charge in [0.15, 0.2) is 0 Å². The van der Waals surface area contributed by atoms with Crippen LogP contribution in [0.4, 0.5) is 0 Å². The molecule has 12 heavy (non-hydrogen) atoms. The molecule has 1 aliphatic rings. The first kappa shape index (κ1) is 9.90. The van der Waals surface area contributed by atoms with Gasteiger partial charge in [-0.1, -0.05) is 27.7 Å². The summed E-state index contributed by atoms with van der Waals surface area (Å²) in [4.78, 5) is 0. The molecule has 1 saturated heterocycles.